The lowest BCUT2D eigenvalue weighted by molar-refractivity contribution is -0.152. The molecule has 0 aliphatic carbocycles. The molecule has 24 heavy (non-hydrogen) atoms. The van der Waals surface area contributed by atoms with Crippen molar-refractivity contribution >= 4 is 17.8 Å². The van der Waals surface area contributed by atoms with Gasteiger partial charge in [0.15, 0.2) is 5.57 Å². The Morgan fingerprint density at radius 3 is 2.79 bits per heavy atom. The van der Waals surface area contributed by atoms with Crippen LogP contribution in [0, 0.1) is 11.3 Å². The molecule has 8 nitrogen and oxygen atoms in total. The van der Waals surface area contributed by atoms with Gasteiger partial charge in [-0.3, -0.25) is 9.59 Å². The predicted octanol–water partition coefficient (Wildman–Crippen LogP) is 0.489. The minimum absolute atomic E-state index is 0.142. The van der Waals surface area contributed by atoms with Crippen molar-refractivity contribution in [1.82, 2.24) is 10.2 Å². The molecule has 0 bridgehead atoms. The van der Waals surface area contributed by atoms with Crippen molar-refractivity contribution in [3.05, 3.63) is 11.8 Å². The highest BCUT2D eigenvalue weighted by molar-refractivity contribution is 5.93. The lowest BCUT2D eigenvalue weighted by Crippen LogP contribution is -2.54. The molecule has 0 aromatic heterocycles. The fourth-order valence-electron chi connectivity index (χ4n) is 2.11. The number of nitrogens with zero attached hydrogens (tertiary/aromatic N) is 2. The van der Waals surface area contributed by atoms with Crippen LogP contribution in [0.1, 0.15) is 33.6 Å². The van der Waals surface area contributed by atoms with Gasteiger partial charge in [0, 0.05) is 19.3 Å². The first-order valence-corrected chi connectivity index (χ1v) is 7.94. The summed E-state index contributed by atoms with van der Waals surface area (Å²) in [6.07, 6.45) is 1.56. The minimum atomic E-state index is -0.826. The average Bonchev–Trinajstić information content (AvgIpc) is 2.55. The first kappa shape index (κ1) is 19.5. The van der Waals surface area contributed by atoms with Crippen LogP contribution < -0.4 is 5.32 Å². The molecule has 1 fully saturated rings. The molecule has 132 valence electrons. The summed E-state index contributed by atoms with van der Waals surface area (Å²) in [6.45, 7) is 6.16. The quantitative estimate of drug-likeness (QED) is 0.409. The number of ether oxygens (including phenoxy) is 2. The number of carbonyl (C=O) groups excluding carboxylic acids is 3. The van der Waals surface area contributed by atoms with E-state index in [1.54, 1.807) is 19.9 Å². The van der Waals surface area contributed by atoms with Crippen molar-refractivity contribution in [2.45, 2.75) is 45.8 Å². The second-order valence-corrected chi connectivity index (χ2v) is 5.33. The number of amides is 1. The molecule has 1 aliphatic heterocycles. The Kier molecular flexibility index (Phi) is 7.75. The molecular weight excluding hydrogens is 314 g/mol. The number of rotatable bonds is 7. The molecule has 0 saturated carbocycles. The molecule has 0 aromatic rings. The highest BCUT2D eigenvalue weighted by atomic mass is 16.5. The van der Waals surface area contributed by atoms with Crippen molar-refractivity contribution in [3.63, 3.8) is 0 Å². The van der Waals surface area contributed by atoms with Crippen molar-refractivity contribution in [3.8, 4) is 6.07 Å². The summed E-state index contributed by atoms with van der Waals surface area (Å²) in [5.41, 5.74) is -0.216. The van der Waals surface area contributed by atoms with Crippen LogP contribution in [-0.4, -0.2) is 54.6 Å². The molecule has 1 aliphatic rings. The van der Waals surface area contributed by atoms with Crippen molar-refractivity contribution in [2.24, 2.45) is 0 Å². The molecular formula is C16H23N3O5. The monoisotopic (exact) mass is 337 g/mol. The topological polar surface area (TPSA) is 109 Å². The third-order valence-electron chi connectivity index (χ3n) is 3.55. The summed E-state index contributed by atoms with van der Waals surface area (Å²) in [5, 5.41) is 11.8. The van der Waals surface area contributed by atoms with Crippen LogP contribution in [0.4, 0.5) is 0 Å². The van der Waals surface area contributed by atoms with E-state index in [1.165, 1.54) is 11.1 Å². The van der Waals surface area contributed by atoms with Gasteiger partial charge in [0.25, 0.3) is 0 Å². The summed E-state index contributed by atoms with van der Waals surface area (Å²) in [6, 6.07) is 0.935. The molecule has 1 heterocycles. The zero-order chi connectivity index (χ0) is 18.1. The Balaban J connectivity index is 2.89. The van der Waals surface area contributed by atoms with Gasteiger partial charge < -0.3 is 19.7 Å². The van der Waals surface area contributed by atoms with Crippen LogP contribution in [0.15, 0.2) is 11.8 Å². The highest BCUT2D eigenvalue weighted by Gasteiger charge is 2.31. The maximum absolute atomic E-state index is 12.1. The van der Waals surface area contributed by atoms with E-state index in [0.717, 1.165) is 0 Å². The third-order valence-corrected chi connectivity index (χ3v) is 3.55. The molecule has 2 atom stereocenters. The van der Waals surface area contributed by atoms with E-state index >= 15 is 0 Å². The summed E-state index contributed by atoms with van der Waals surface area (Å²) in [5.74, 6) is -1.61. The number of nitrogens with one attached hydrogen (secondary N) is 1. The molecule has 1 amide bonds. The van der Waals surface area contributed by atoms with Crippen LogP contribution in [0.2, 0.25) is 0 Å². The van der Waals surface area contributed by atoms with Gasteiger partial charge >= 0.3 is 11.9 Å². The van der Waals surface area contributed by atoms with Crippen LogP contribution in [0.3, 0.4) is 0 Å². The van der Waals surface area contributed by atoms with E-state index in [0.29, 0.717) is 19.5 Å². The summed E-state index contributed by atoms with van der Waals surface area (Å²) < 4.78 is 9.99. The van der Waals surface area contributed by atoms with Gasteiger partial charge in [-0.25, -0.2) is 4.79 Å². The zero-order valence-corrected chi connectivity index (χ0v) is 14.2. The predicted molar refractivity (Wildman–Crippen MR) is 84.3 cm³/mol. The largest absolute Gasteiger partial charge is 0.463 e. The minimum Gasteiger partial charge on any atom is -0.463 e. The van der Waals surface area contributed by atoms with Crippen LogP contribution >= 0.6 is 0 Å². The Labute approximate surface area is 141 Å². The number of carbonyl (C=O) groups is 3. The van der Waals surface area contributed by atoms with Crippen LogP contribution in [0.25, 0.3) is 0 Å². The van der Waals surface area contributed by atoms with E-state index in [-0.39, 0.29) is 30.6 Å². The third kappa shape index (κ3) is 5.57. The average molecular weight is 337 g/mol. The molecule has 1 N–H and O–H groups in total. The smallest absolute Gasteiger partial charge is 0.350 e. The Bertz CT molecular complexity index is 552. The van der Waals surface area contributed by atoms with Gasteiger partial charge in [-0.1, -0.05) is 6.92 Å². The molecule has 1 saturated heterocycles. The summed E-state index contributed by atoms with van der Waals surface area (Å²) in [7, 11) is 0. The number of hydrogen-bond acceptors (Lipinski definition) is 7. The van der Waals surface area contributed by atoms with E-state index in [9.17, 15) is 14.4 Å². The Morgan fingerprint density at radius 1 is 1.50 bits per heavy atom. The van der Waals surface area contributed by atoms with Gasteiger partial charge in [-0.15, -0.1) is 0 Å². The number of piperazine rings is 1. The Morgan fingerprint density at radius 2 is 2.21 bits per heavy atom. The van der Waals surface area contributed by atoms with E-state index in [2.05, 4.69) is 5.32 Å². The standard InChI is InChI=1S/C16H23N3O5/c1-4-11(3)24-14(20)8-13-15(21)18-6-7-19(13)10-12(9-17)16(22)23-5-2/h10-11,13H,4-8H2,1-3H3,(H,18,21)/b12-10+. The zero-order valence-electron chi connectivity index (χ0n) is 14.2. The fourth-order valence-corrected chi connectivity index (χ4v) is 2.11. The fraction of sp³-hybridized carbons (Fsp3) is 0.625. The van der Waals surface area contributed by atoms with Gasteiger partial charge in [0.2, 0.25) is 5.91 Å². The SMILES string of the molecule is CCOC(=O)/C(C#N)=C/N1CCNC(=O)C1CC(=O)OC(C)CC. The van der Waals surface area contributed by atoms with Gasteiger partial charge in [-0.05, 0) is 20.3 Å². The second kappa shape index (κ2) is 9.55. The van der Waals surface area contributed by atoms with E-state index in [4.69, 9.17) is 14.7 Å². The van der Waals surface area contributed by atoms with Crippen molar-refractivity contribution < 1.29 is 23.9 Å². The summed E-state index contributed by atoms with van der Waals surface area (Å²) >= 11 is 0. The molecule has 0 aromatic carbocycles. The van der Waals surface area contributed by atoms with Crippen molar-refractivity contribution in [2.75, 3.05) is 19.7 Å². The molecule has 8 heteroatoms. The number of hydrogen-bond donors (Lipinski definition) is 1. The van der Waals surface area contributed by atoms with E-state index < -0.39 is 18.0 Å². The molecule has 0 spiro atoms. The number of nitriles is 1. The maximum Gasteiger partial charge on any atom is 0.350 e. The molecule has 2 unspecified atom stereocenters. The molecule has 1 rings (SSSR count). The normalized spacial score (nSPS) is 19.1. The summed E-state index contributed by atoms with van der Waals surface area (Å²) in [4.78, 5) is 37.2. The maximum atomic E-state index is 12.1. The van der Waals surface area contributed by atoms with Crippen LogP contribution in [-0.2, 0) is 23.9 Å². The van der Waals surface area contributed by atoms with Crippen LogP contribution in [0.5, 0.6) is 0 Å². The number of esters is 2. The van der Waals surface area contributed by atoms with Gasteiger partial charge in [0.05, 0.1) is 19.1 Å². The lowest BCUT2D eigenvalue weighted by Gasteiger charge is -2.33. The first-order chi connectivity index (χ1) is 11.4. The van der Waals surface area contributed by atoms with Crippen molar-refractivity contribution in [1.29, 1.82) is 5.26 Å². The highest BCUT2D eigenvalue weighted by Crippen LogP contribution is 2.14. The molecule has 0 radical (unpaired) electrons. The van der Waals surface area contributed by atoms with Gasteiger partial charge in [0.1, 0.15) is 12.1 Å². The first-order valence-electron chi connectivity index (χ1n) is 7.94. The van der Waals surface area contributed by atoms with E-state index in [1.807, 2.05) is 6.92 Å². The van der Waals surface area contributed by atoms with Gasteiger partial charge in [-0.2, -0.15) is 5.26 Å². The Hall–Kier alpha value is -2.56. The lowest BCUT2D eigenvalue weighted by atomic mass is 10.1. The second-order valence-electron chi connectivity index (χ2n) is 5.33.